The number of aryl methyl sites for hydroxylation is 2. The van der Waals surface area contributed by atoms with Gasteiger partial charge in [0.25, 0.3) is 0 Å². The van der Waals surface area contributed by atoms with Crippen LogP contribution in [0.2, 0.25) is 0 Å². The number of fused-ring (bicyclic) bond motifs is 1. The van der Waals surface area contributed by atoms with Gasteiger partial charge in [-0.15, -0.1) is 0 Å². The van der Waals surface area contributed by atoms with Gasteiger partial charge in [0, 0.05) is 7.05 Å². The highest BCUT2D eigenvalue weighted by atomic mass is 16.5. The molecule has 19 heavy (non-hydrogen) atoms. The molecule has 0 fully saturated rings. The maximum Gasteiger partial charge on any atom is 0.326 e. The fourth-order valence-corrected chi connectivity index (χ4v) is 1.60. The zero-order valence-electron chi connectivity index (χ0n) is 11.0. The molecule has 0 saturated heterocycles. The molecule has 0 radical (unpaired) electrons. The summed E-state index contributed by atoms with van der Waals surface area (Å²) in [6.45, 7) is 1.73. The van der Waals surface area contributed by atoms with Crippen molar-refractivity contribution in [3.63, 3.8) is 0 Å². The smallest absolute Gasteiger partial charge is 0.326 e. The number of ether oxygens (including phenoxy) is 2. The number of methoxy groups -OCH3 is 1. The van der Waals surface area contributed by atoms with Gasteiger partial charge in [0.15, 0.2) is 5.65 Å². The molecular formula is C11H15N5O3. The Labute approximate surface area is 109 Å². The molecule has 0 saturated carbocycles. The lowest BCUT2D eigenvalue weighted by atomic mass is 10.3. The second-order valence-corrected chi connectivity index (χ2v) is 4.02. The fourth-order valence-electron chi connectivity index (χ4n) is 1.60. The third-order valence-electron chi connectivity index (χ3n) is 2.57. The van der Waals surface area contributed by atoms with Crippen molar-refractivity contribution in [3.8, 4) is 5.88 Å². The summed E-state index contributed by atoms with van der Waals surface area (Å²) in [4.78, 5) is 19.6. The third kappa shape index (κ3) is 2.63. The third-order valence-corrected chi connectivity index (χ3v) is 2.57. The Morgan fingerprint density at radius 3 is 2.95 bits per heavy atom. The molecule has 0 spiro atoms. The first-order chi connectivity index (χ1) is 9.02. The highest BCUT2D eigenvalue weighted by Crippen LogP contribution is 2.21. The number of aromatic nitrogens is 4. The summed E-state index contributed by atoms with van der Waals surface area (Å²) in [5.74, 6) is 0.376. The lowest BCUT2D eigenvalue weighted by molar-refractivity contribution is -0.142. The van der Waals surface area contributed by atoms with Gasteiger partial charge in [-0.2, -0.15) is 10.1 Å². The summed E-state index contributed by atoms with van der Waals surface area (Å²) in [6.07, 6.45) is 1.60. The SMILES string of the molecule is COC(=O)C(N)COc1nc(C)nc2c1cnn2C. The van der Waals surface area contributed by atoms with Gasteiger partial charge in [0.2, 0.25) is 5.88 Å². The van der Waals surface area contributed by atoms with Gasteiger partial charge in [-0.1, -0.05) is 0 Å². The van der Waals surface area contributed by atoms with E-state index in [1.807, 2.05) is 0 Å². The predicted molar refractivity (Wildman–Crippen MR) is 66.5 cm³/mol. The van der Waals surface area contributed by atoms with Gasteiger partial charge in [0.05, 0.1) is 13.3 Å². The van der Waals surface area contributed by atoms with Gasteiger partial charge in [-0.05, 0) is 6.92 Å². The zero-order chi connectivity index (χ0) is 14.0. The number of hydrogen-bond donors (Lipinski definition) is 1. The Bertz CT molecular complexity index is 610. The zero-order valence-corrected chi connectivity index (χ0v) is 11.0. The van der Waals surface area contributed by atoms with Crippen LogP contribution < -0.4 is 10.5 Å². The van der Waals surface area contributed by atoms with E-state index in [2.05, 4.69) is 19.8 Å². The van der Waals surface area contributed by atoms with E-state index in [0.717, 1.165) is 0 Å². The second kappa shape index (κ2) is 5.19. The first-order valence-electron chi connectivity index (χ1n) is 5.65. The first-order valence-corrected chi connectivity index (χ1v) is 5.65. The summed E-state index contributed by atoms with van der Waals surface area (Å²) in [7, 11) is 3.05. The topological polar surface area (TPSA) is 105 Å². The van der Waals surface area contributed by atoms with Crippen LogP contribution in [0.15, 0.2) is 6.20 Å². The number of nitrogens with two attached hydrogens (primary N) is 1. The van der Waals surface area contributed by atoms with Crippen LogP contribution in [0.5, 0.6) is 5.88 Å². The highest BCUT2D eigenvalue weighted by molar-refractivity contribution is 5.80. The minimum absolute atomic E-state index is 0.0207. The van der Waals surface area contributed by atoms with Crippen LogP contribution in [0.4, 0.5) is 0 Å². The lowest BCUT2D eigenvalue weighted by Gasteiger charge is -2.11. The van der Waals surface area contributed by atoms with Crippen LogP contribution in [-0.4, -0.2) is 45.5 Å². The van der Waals surface area contributed by atoms with Gasteiger partial charge in [-0.25, -0.2) is 4.98 Å². The molecule has 2 aromatic rings. The van der Waals surface area contributed by atoms with E-state index in [9.17, 15) is 4.79 Å². The maximum atomic E-state index is 11.2. The van der Waals surface area contributed by atoms with Crippen LogP contribution >= 0.6 is 0 Å². The first kappa shape index (κ1) is 13.2. The molecule has 2 rings (SSSR count). The molecule has 0 aliphatic heterocycles. The number of hydrogen-bond acceptors (Lipinski definition) is 7. The van der Waals surface area contributed by atoms with E-state index < -0.39 is 12.0 Å². The van der Waals surface area contributed by atoms with Crippen molar-refractivity contribution in [2.75, 3.05) is 13.7 Å². The Morgan fingerprint density at radius 2 is 2.26 bits per heavy atom. The number of rotatable bonds is 4. The number of nitrogens with zero attached hydrogens (tertiary/aromatic N) is 4. The summed E-state index contributed by atoms with van der Waals surface area (Å²) in [5.41, 5.74) is 6.26. The van der Waals surface area contributed by atoms with E-state index in [-0.39, 0.29) is 6.61 Å². The fraction of sp³-hybridized carbons (Fsp3) is 0.455. The second-order valence-electron chi connectivity index (χ2n) is 4.02. The molecule has 0 aliphatic carbocycles. The van der Waals surface area contributed by atoms with Crippen LogP contribution in [0, 0.1) is 6.92 Å². The van der Waals surface area contributed by atoms with Crippen LogP contribution in [-0.2, 0) is 16.6 Å². The summed E-state index contributed by atoms with van der Waals surface area (Å²) in [5, 5.41) is 4.76. The van der Waals surface area contributed by atoms with Crippen LogP contribution in [0.3, 0.4) is 0 Å². The van der Waals surface area contributed by atoms with Crippen molar-refractivity contribution in [1.82, 2.24) is 19.7 Å². The molecule has 0 bridgehead atoms. The number of carbonyl (C=O) groups excluding carboxylic acids is 1. The summed E-state index contributed by atoms with van der Waals surface area (Å²) in [6, 6.07) is -0.855. The molecule has 2 heterocycles. The Kier molecular flexibility index (Phi) is 3.61. The van der Waals surface area contributed by atoms with Crippen molar-refractivity contribution in [3.05, 3.63) is 12.0 Å². The van der Waals surface area contributed by atoms with Crippen molar-refractivity contribution < 1.29 is 14.3 Å². The highest BCUT2D eigenvalue weighted by Gasteiger charge is 2.17. The van der Waals surface area contributed by atoms with Crippen molar-refractivity contribution in [1.29, 1.82) is 0 Å². The molecule has 8 heteroatoms. The Balaban J connectivity index is 2.23. The van der Waals surface area contributed by atoms with Gasteiger partial charge < -0.3 is 15.2 Å². The normalized spacial score (nSPS) is 12.4. The molecule has 1 atom stereocenters. The molecular weight excluding hydrogens is 250 g/mol. The molecule has 2 aromatic heterocycles. The molecule has 0 amide bonds. The molecule has 0 aromatic carbocycles. The molecule has 8 nitrogen and oxygen atoms in total. The van der Waals surface area contributed by atoms with Crippen molar-refractivity contribution >= 4 is 17.0 Å². The van der Waals surface area contributed by atoms with E-state index in [1.54, 1.807) is 24.9 Å². The van der Waals surface area contributed by atoms with Crippen LogP contribution in [0.1, 0.15) is 5.82 Å². The number of carbonyl (C=O) groups is 1. The van der Waals surface area contributed by atoms with Gasteiger partial charge in [-0.3, -0.25) is 9.48 Å². The molecule has 0 aliphatic rings. The summed E-state index contributed by atoms with van der Waals surface area (Å²) < 4.78 is 11.6. The standard InChI is InChI=1S/C11H15N5O3/c1-6-14-9-7(4-13-16(9)2)10(15-6)19-5-8(12)11(17)18-3/h4,8H,5,12H2,1-3H3. The predicted octanol–water partition coefficient (Wildman–Crippen LogP) is -0.449. The van der Waals surface area contributed by atoms with Crippen molar-refractivity contribution in [2.24, 2.45) is 12.8 Å². The molecule has 102 valence electrons. The monoisotopic (exact) mass is 265 g/mol. The van der Waals surface area contributed by atoms with E-state index in [1.165, 1.54) is 7.11 Å². The van der Waals surface area contributed by atoms with E-state index >= 15 is 0 Å². The van der Waals surface area contributed by atoms with E-state index in [0.29, 0.717) is 22.7 Å². The quantitative estimate of drug-likeness (QED) is 0.746. The van der Waals surface area contributed by atoms with Gasteiger partial charge in [0.1, 0.15) is 23.9 Å². The molecule has 2 N–H and O–H groups in total. The minimum Gasteiger partial charge on any atom is -0.475 e. The average Bonchev–Trinajstić information content (AvgIpc) is 2.76. The summed E-state index contributed by atoms with van der Waals surface area (Å²) >= 11 is 0. The van der Waals surface area contributed by atoms with E-state index in [4.69, 9.17) is 10.5 Å². The lowest BCUT2D eigenvalue weighted by Crippen LogP contribution is -2.37. The van der Waals surface area contributed by atoms with Crippen molar-refractivity contribution in [2.45, 2.75) is 13.0 Å². The maximum absolute atomic E-state index is 11.2. The van der Waals surface area contributed by atoms with Gasteiger partial charge >= 0.3 is 5.97 Å². The average molecular weight is 265 g/mol. The number of esters is 1. The minimum atomic E-state index is -0.855. The largest absolute Gasteiger partial charge is 0.475 e. The van der Waals surface area contributed by atoms with Crippen LogP contribution in [0.25, 0.3) is 11.0 Å². The molecule has 1 unspecified atom stereocenters. The Hall–Kier alpha value is -2.22. The Morgan fingerprint density at radius 1 is 1.53 bits per heavy atom.